The number of Topliss-reactive ketones (excluding diaryl/α,β-unsaturated/α-hetero) is 1. The second-order valence-electron chi connectivity index (χ2n) is 2.18. The molecule has 0 saturated carbocycles. The minimum atomic E-state index is -4.80. The van der Waals surface area contributed by atoms with Gasteiger partial charge in [-0.3, -0.25) is 4.79 Å². The Morgan fingerprint density at radius 3 is 1.50 bits per heavy atom. The Kier molecular flexibility index (Phi) is 14.8. The molecule has 0 saturated heterocycles. The van der Waals surface area contributed by atoms with Crippen molar-refractivity contribution in [1.82, 2.24) is 0 Å². The van der Waals surface area contributed by atoms with Gasteiger partial charge >= 0.3 is 6.18 Å². The molecule has 0 fully saturated rings. The standard InChI is InChI=1S/C7H7F3O.C3H6.C2H6/c1-3-5(4-2)6(11)7(8,9)10;1-3-2;1-2/h3-4H,1H2,2H3;3H,1H2,2H3;1-2H3/b5-4+;;. The van der Waals surface area contributed by atoms with Gasteiger partial charge in [0.2, 0.25) is 0 Å². The fraction of sp³-hybridized carbons (Fsp3) is 0.417. The minimum absolute atomic E-state index is 0.419. The van der Waals surface area contributed by atoms with E-state index in [9.17, 15) is 18.0 Å². The van der Waals surface area contributed by atoms with E-state index in [1.807, 2.05) is 20.8 Å². The summed E-state index contributed by atoms with van der Waals surface area (Å²) in [4.78, 5) is 10.4. The van der Waals surface area contributed by atoms with Gasteiger partial charge in [0.15, 0.2) is 0 Å². The van der Waals surface area contributed by atoms with Crippen molar-refractivity contribution in [2.75, 3.05) is 0 Å². The molecule has 0 rings (SSSR count). The third-order valence-corrected chi connectivity index (χ3v) is 1.05. The molecule has 0 aromatic rings. The van der Waals surface area contributed by atoms with Crippen LogP contribution in [-0.4, -0.2) is 12.0 Å². The highest BCUT2D eigenvalue weighted by Gasteiger charge is 2.39. The van der Waals surface area contributed by atoms with E-state index in [0.717, 1.165) is 12.2 Å². The molecule has 0 aromatic heterocycles. The Morgan fingerprint density at radius 2 is 1.44 bits per heavy atom. The number of carbonyl (C=O) groups is 1. The Hall–Kier alpha value is -1.32. The fourth-order valence-corrected chi connectivity index (χ4v) is 0.505. The van der Waals surface area contributed by atoms with E-state index in [1.165, 1.54) is 6.92 Å². The normalized spacial score (nSPS) is 10.1. The first-order chi connectivity index (χ1) is 7.34. The number of carbonyl (C=O) groups excluding carboxylic acids is 1. The lowest BCUT2D eigenvalue weighted by Gasteiger charge is -2.03. The van der Waals surface area contributed by atoms with Crippen LogP contribution in [0, 0.1) is 0 Å². The van der Waals surface area contributed by atoms with Gasteiger partial charge in [0.25, 0.3) is 5.78 Å². The molecule has 0 N–H and O–H groups in total. The van der Waals surface area contributed by atoms with Crippen molar-refractivity contribution in [3.8, 4) is 0 Å². The molecule has 0 spiro atoms. The molecule has 0 aliphatic carbocycles. The summed E-state index contributed by atoms with van der Waals surface area (Å²) in [6.07, 6.45) is -1.09. The third kappa shape index (κ3) is 10.8. The molecule has 0 aromatic carbocycles. The molecule has 0 aliphatic heterocycles. The zero-order valence-corrected chi connectivity index (χ0v) is 10.2. The molecule has 0 bridgehead atoms. The molecular formula is C12H19F3O. The van der Waals surface area contributed by atoms with Crippen LogP contribution >= 0.6 is 0 Å². The summed E-state index contributed by atoms with van der Waals surface area (Å²) < 4.78 is 34.9. The van der Waals surface area contributed by atoms with Crippen molar-refractivity contribution in [2.45, 2.75) is 33.9 Å². The Bertz CT molecular complexity index is 237. The highest BCUT2D eigenvalue weighted by molar-refractivity contribution is 6.01. The predicted molar refractivity (Wildman–Crippen MR) is 62.2 cm³/mol. The second-order valence-corrected chi connectivity index (χ2v) is 2.18. The maximum atomic E-state index is 11.6. The first-order valence-corrected chi connectivity index (χ1v) is 4.82. The fourth-order valence-electron chi connectivity index (χ4n) is 0.505. The molecule has 0 radical (unpaired) electrons. The average molecular weight is 236 g/mol. The number of ketones is 1. The smallest absolute Gasteiger partial charge is 0.284 e. The van der Waals surface area contributed by atoms with Crippen LogP contribution in [0.15, 0.2) is 37.0 Å². The van der Waals surface area contributed by atoms with Crippen LogP contribution in [0.3, 0.4) is 0 Å². The summed E-state index contributed by atoms with van der Waals surface area (Å²) in [7, 11) is 0. The summed E-state index contributed by atoms with van der Waals surface area (Å²) >= 11 is 0. The molecule has 0 atom stereocenters. The van der Waals surface area contributed by atoms with Crippen LogP contribution in [0.2, 0.25) is 0 Å². The van der Waals surface area contributed by atoms with E-state index in [2.05, 4.69) is 13.2 Å². The van der Waals surface area contributed by atoms with E-state index in [1.54, 1.807) is 6.08 Å². The first-order valence-electron chi connectivity index (χ1n) is 4.82. The third-order valence-electron chi connectivity index (χ3n) is 1.05. The molecule has 4 heteroatoms. The number of hydrogen-bond donors (Lipinski definition) is 0. The Morgan fingerprint density at radius 1 is 1.12 bits per heavy atom. The predicted octanol–water partition coefficient (Wildman–Crippen LogP) is 4.47. The van der Waals surface area contributed by atoms with Gasteiger partial charge in [0.1, 0.15) is 0 Å². The van der Waals surface area contributed by atoms with Gasteiger partial charge in [-0.25, -0.2) is 0 Å². The van der Waals surface area contributed by atoms with Crippen LogP contribution in [0.5, 0.6) is 0 Å². The van der Waals surface area contributed by atoms with Gasteiger partial charge in [-0.1, -0.05) is 38.7 Å². The van der Waals surface area contributed by atoms with E-state index in [0.29, 0.717) is 0 Å². The van der Waals surface area contributed by atoms with Crippen LogP contribution in [0.4, 0.5) is 13.2 Å². The number of rotatable bonds is 2. The van der Waals surface area contributed by atoms with Crippen LogP contribution in [0.1, 0.15) is 27.7 Å². The Balaban J connectivity index is -0.000000289. The van der Waals surface area contributed by atoms with E-state index in [4.69, 9.17) is 0 Å². The van der Waals surface area contributed by atoms with Crippen LogP contribution < -0.4 is 0 Å². The van der Waals surface area contributed by atoms with E-state index in [-0.39, 0.29) is 0 Å². The SMILES string of the molecule is C=C/C(=C\C)C(=O)C(F)(F)F.C=CC.CC. The second kappa shape index (κ2) is 11.8. The lowest BCUT2D eigenvalue weighted by molar-refractivity contribution is -0.166. The van der Waals surface area contributed by atoms with Gasteiger partial charge in [-0.15, -0.1) is 6.58 Å². The molecule has 0 aliphatic rings. The maximum Gasteiger partial charge on any atom is 0.454 e. The number of hydrogen-bond acceptors (Lipinski definition) is 1. The monoisotopic (exact) mass is 236 g/mol. The van der Waals surface area contributed by atoms with Crippen molar-refractivity contribution < 1.29 is 18.0 Å². The quantitative estimate of drug-likeness (QED) is 0.393. The topological polar surface area (TPSA) is 17.1 Å². The van der Waals surface area contributed by atoms with Crippen molar-refractivity contribution in [3.63, 3.8) is 0 Å². The van der Waals surface area contributed by atoms with Gasteiger partial charge in [0.05, 0.1) is 0 Å². The van der Waals surface area contributed by atoms with Crippen LogP contribution in [-0.2, 0) is 4.79 Å². The number of alkyl halides is 3. The summed E-state index contributed by atoms with van der Waals surface area (Å²) in [6.45, 7) is 13.7. The zero-order valence-electron chi connectivity index (χ0n) is 10.2. The summed E-state index contributed by atoms with van der Waals surface area (Å²) in [5.74, 6) is -1.85. The van der Waals surface area contributed by atoms with Crippen molar-refractivity contribution in [2.24, 2.45) is 0 Å². The summed E-state index contributed by atoms with van der Waals surface area (Å²) in [5.41, 5.74) is -0.419. The molecule has 0 amide bonds. The largest absolute Gasteiger partial charge is 0.454 e. The van der Waals surface area contributed by atoms with Crippen molar-refractivity contribution in [3.05, 3.63) is 37.0 Å². The maximum absolute atomic E-state index is 11.6. The zero-order chi connectivity index (χ0) is 13.8. The van der Waals surface area contributed by atoms with E-state index >= 15 is 0 Å². The van der Waals surface area contributed by atoms with Gasteiger partial charge in [-0.05, 0) is 13.8 Å². The molecule has 94 valence electrons. The van der Waals surface area contributed by atoms with Gasteiger partial charge < -0.3 is 0 Å². The van der Waals surface area contributed by atoms with E-state index < -0.39 is 17.5 Å². The highest BCUT2D eigenvalue weighted by atomic mass is 19.4. The number of allylic oxidation sites excluding steroid dienone is 4. The average Bonchev–Trinajstić information content (AvgIpc) is 2.22. The molecule has 0 unspecified atom stereocenters. The first kappa shape index (κ1) is 20.1. The number of halogens is 3. The summed E-state index contributed by atoms with van der Waals surface area (Å²) in [5, 5.41) is 0. The minimum Gasteiger partial charge on any atom is -0.284 e. The Labute approximate surface area is 95.4 Å². The van der Waals surface area contributed by atoms with Crippen molar-refractivity contribution >= 4 is 5.78 Å². The highest BCUT2D eigenvalue weighted by Crippen LogP contribution is 2.20. The molecule has 1 nitrogen and oxygen atoms in total. The van der Waals surface area contributed by atoms with Gasteiger partial charge in [-0.2, -0.15) is 13.2 Å². The lowest BCUT2D eigenvalue weighted by Crippen LogP contribution is -2.23. The summed E-state index contributed by atoms with van der Waals surface area (Å²) in [6, 6.07) is 0. The molecule has 16 heavy (non-hydrogen) atoms. The van der Waals surface area contributed by atoms with Crippen LogP contribution in [0.25, 0.3) is 0 Å². The molecular weight excluding hydrogens is 217 g/mol. The van der Waals surface area contributed by atoms with Crippen molar-refractivity contribution in [1.29, 1.82) is 0 Å². The lowest BCUT2D eigenvalue weighted by atomic mass is 10.1. The van der Waals surface area contributed by atoms with Gasteiger partial charge in [0, 0.05) is 5.57 Å². The molecule has 0 heterocycles.